The molecular formula is C8H13ClO3S. The van der Waals surface area contributed by atoms with Crippen molar-refractivity contribution in [1.82, 2.24) is 0 Å². The van der Waals surface area contributed by atoms with Gasteiger partial charge in [-0.1, -0.05) is 6.92 Å². The smallest absolute Gasteiger partial charge is 0.322 e. The molecule has 1 heterocycles. The zero-order valence-corrected chi connectivity index (χ0v) is 9.23. The molecule has 0 spiro atoms. The molecule has 0 amide bonds. The second-order valence-electron chi connectivity index (χ2n) is 2.93. The number of ether oxygens (including phenoxy) is 2. The fraction of sp³-hybridized carbons (Fsp3) is 0.875. The average Bonchev–Trinajstić information content (AvgIpc) is 2.11. The number of halogens is 1. The molecule has 1 aliphatic heterocycles. The van der Waals surface area contributed by atoms with E-state index >= 15 is 0 Å². The van der Waals surface area contributed by atoms with E-state index in [1.165, 1.54) is 0 Å². The average molecular weight is 225 g/mol. The lowest BCUT2D eigenvalue weighted by Gasteiger charge is -2.31. The third-order valence-electron chi connectivity index (χ3n) is 1.89. The fourth-order valence-corrected chi connectivity index (χ4v) is 2.16. The SMILES string of the molecule is CC1OCC(OC(=O)CCl)SC1C. The molecule has 3 atom stereocenters. The molecule has 0 N–H and O–H groups in total. The predicted molar refractivity (Wildman–Crippen MR) is 53.1 cm³/mol. The maximum atomic E-state index is 10.8. The topological polar surface area (TPSA) is 35.5 Å². The van der Waals surface area contributed by atoms with Gasteiger partial charge in [-0.2, -0.15) is 0 Å². The summed E-state index contributed by atoms with van der Waals surface area (Å²) in [4.78, 5) is 10.8. The summed E-state index contributed by atoms with van der Waals surface area (Å²) in [5.41, 5.74) is -0.197. The van der Waals surface area contributed by atoms with Crippen molar-refractivity contribution >= 4 is 29.3 Å². The Morgan fingerprint density at radius 2 is 2.38 bits per heavy atom. The van der Waals surface area contributed by atoms with Crippen molar-refractivity contribution in [2.75, 3.05) is 12.5 Å². The lowest BCUT2D eigenvalue weighted by Crippen LogP contribution is -2.35. The van der Waals surface area contributed by atoms with Gasteiger partial charge in [-0.25, -0.2) is 0 Å². The Kier molecular flexibility index (Phi) is 4.35. The molecule has 0 aromatic carbocycles. The van der Waals surface area contributed by atoms with Crippen LogP contribution in [0, 0.1) is 0 Å². The molecule has 3 nitrogen and oxygen atoms in total. The van der Waals surface area contributed by atoms with E-state index in [4.69, 9.17) is 21.1 Å². The molecule has 1 aliphatic rings. The highest BCUT2D eigenvalue weighted by atomic mass is 35.5. The van der Waals surface area contributed by atoms with Gasteiger partial charge in [0.1, 0.15) is 5.88 Å². The number of thioether (sulfide) groups is 1. The highest BCUT2D eigenvalue weighted by Gasteiger charge is 2.27. The highest BCUT2D eigenvalue weighted by molar-refractivity contribution is 8.00. The molecule has 13 heavy (non-hydrogen) atoms. The molecule has 1 saturated heterocycles. The first-order chi connectivity index (χ1) is 6.13. The normalized spacial score (nSPS) is 34.2. The summed E-state index contributed by atoms with van der Waals surface area (Å²) in [6.07, 6.45) is 0.218. The molecule has 0 aromatic rings. The van der Waals surface area contributed by atoms with Crippen LogP contribution in [-0.2, 0) is 14.3 Å². The van der Waals surface area contributed by atoms with E-state index in [2.05, 4.69) is 6.92 Å². The Morgan fingerprint density at radius 1 is 1.69 bits per heavy atom. The molecular weight excluding hydrogens is 212 g/mol. The molecule has 0 aliphatic carbocycles. The maximum absolute atomic E-state index is 10.8. The molecule has 0 bridgehead atoms. The van der Waals surface area contributed by atoms with Gasteiger partial charge in [-0.15, -0.1) is 23.4 Å². The van der Waals surface area contributed by atoms with Gasteiger partial charge in [0.05, 0.1) is 12.7 Å². The van der Waals surface area contributed by atoms with Gasteiger partial charge in [0, 0.05) is 5.25 Å². The molecule has 76 valence electrons. The zero-order valence-electron chi connectivity index (χ0n) is 7.66. The quantitative estimate of drug-likeness (QED) is 0.528. The second-order valence-corrected chi connectivity index (χ2v) is 4.74. The molecule has 0 aromatic heterocycles. The first-order valence-electron chi connectivity index (χ1n) is 4.16. The van der Waals surface area contributed by atoms with E-state index in [0.717, 1.165) is 0 Å². The van der Waals surface area contributed by atoms with Crippen molar-refractivity contribution in [2.24, 2.45) is 0 Å². The second kappa shape index (κ2) is 5.08. The summed E-state index contributed by atoms with van der Waals surface area (Å²) < 4.78 is 10.4. The highest BCUT2D eigenvalue weighted by Crippen LogP contribution is 2.28. The van der Waals surface area contributed by atoms with Gasteiger partial charge in [-0.3, -0.25) is 4.79 Å². The summed E-state index contributed by atoms with van der Waals surface area (Å²) in [5, 5.41) is 0.349. The number of carbonyl (C=O) groups is 1. The first kappa shape index (κ1) is 11.1. The number of rotatable bonds is 2. The van der Waals surface area contributed by atoms with Crippen molar-refractivity contribution in [3.05, 3.63) is 0 Å². The van der Waals surface area contributed by atoms with Crippen molar-refractivity contribution in [1.29, 1.82) is 0 Å². The summed E-state index contributed by atoms with van der Waals surface area (Å²) in [5.74, 6) is -0.481. The van der Waals surface area contributed by atoms with Gasteiger partial charge in [0.25, 0.3) is 0 Å². The Hall–Kier alpha value is 0.0700. The summed E-state index contributed by atoms with van der Waals surface area (Å²) in [6.45, 7) is 4.52. The van der Waals surface area contributed by atoms with Crippen LogP contribution in [0.15, 0.2) is 0 Å². The van der Waals surface area contributed by atoms with Gasteiger partial charge >= 0.3 is 5.97 Å². The van der Waals surface area contributed by atoms with Crippen LogP contribution >= 0.6 is 23.4 Å². The lowest BCUT2D eigenvalue weighted by atomic mass is 10.3. The number of hydrogen-bond donors (Lipinski definition) is 0. The van der Waals surface area contributed by atoms with Crippen LogP contribution in [0.5, 0.6) is 0 Å². The van der Waals surface area contributed by atoms with E-state index in [1.54, 1.807) is 11.8 Å². The van der Waals surface area contributed by atoms with Gasteiger partial charge in [0.15, 0.2) is 5.44 Å². The van der Waals surface area contributed by atoms with Gasteiger partial charge in [0.2, 0.25) is 0 Å². The minimum absolute atomic E-state index is 0.0962. The van der Waals surface area contributed by atoms with Crippen LogP contribution in [0.2, 0.25) is 0 Å². The predicted octanol–water partition coefficient (Wildman–Crippen LogP) is 1.63. The first-order valence-corrected chi connectivity index (χ1v) is 5.63. The number of alkyl halides is 1. The summed E-state index contributed by atoms with van der Waals surface area (Å²) >= 11 is 6.92. The Balaban J connectivity index is 2.33. The van der Waals surface area contributed by atoms with Crippen molar-refractivity contribution in [3.8, 4) is 0 Å². The third kappa shape index (κ3) is 3.37. The van der Waals surface area contributed by atoms with Gasteiger partial charge in [-0.05, 0) is 6.92 Å². The molecule has 1 fully saturated rings. The van der Waals surface area contributed by atoms with E-state index in [0.29, 0.717) is 11.9 Å². The standard InChI is InChI=1S/C8H13ClO3S/c1-5-6(2)13-8(4-11-5)12-7(10)3-9/h5-6,8H,3-4H2,1-2H3. The molecule has 0 radical (unpaired) electrons. The largest absolute Gasteiger partial charge is 0.448 e. The van der Waals surface area contributed by atoms with E-state index in [-0.39, 0.29) is 23.4 Å². The Bertz CT molecular complexity index is 188. The summed E-state index contributed by atoms with van der Waals surface area (Å²) in [6, 6.07) is 0. The van der Waals surface area contributed by atoms with E-state index < -0.39 is 0 Å². The third-order valence-corrected chi connectivity index (χ3v) is 3.46. The van der Waals surface area contributed by atoms with E-state index in [1.807, 2.05) is 6.92 Å². The monoisotopic (exact) mass is 224 g/mol. The molecule has 3 unspecified atom stereocenters. The fourth-order valence-electron chi connectivity index (χ4n) is 0.995. The molecule has 1 rings (SSSR count). The lowest BCUT2D eigenvalue weighted by molar-refractivity contribution is -0.145. The molecule has 5 heteroatoms. The van der Waals surface area contributed by atoms with Crippen LogP contribution in [0.3, 0.4) is 0 Å². The Labute approximate surface area is 87.1 Å². The number of carbonyl (C=O) groups excluding carboxylic acids is 1. The number of hydrogen-bond acceptors (Lipinski definition) is 4. The van der Waals surface area contributed by atoms with Crippen LogP contribution in [0.25, 0.3) is 0 Å². The zero-order chi connectivity index (χ0) is 9.84. The van der Waals surface area contributed by atoms with Crippen molar-refractivity contribution in [2.45, 2.75) is 30.6 Å². The minimum atomic E-state index is -0.385. The van der Waals surface area contributed by atoms with Crippen LogP contribution < -0.4 is 0 Å². The van der Waals surface area contributed by atoms with Gasteiger partial charge < -0.3 is 9.47 Å². The summed E-state index contributed by atoms with van der Waals surface area (Å²) in [7, 11) is 0. The molecule has 0 saturated carbocycles. The Morgan fingerprint density at radius 3 is 2.92 bits per heavy atom. The van der Waals surface area contributed by atoms with Crippen molar-refractivity contribution in [3.63, 3.8) is 0 Å². The van der Waals surface area contributed by atoms with Crippen LogP contribution in [0.1, 0.15) is 13.8 Å². The van der Waals surface area contributed by atoms with Crippen LogP contribution in [0.4, 0.5) is 0 Å². The van der Waals surface area contributed by atoms with Crippen LogP contribution in [-0.4, -0.2) is 35.2 Å². The minimum Gasteiger partial charge on any atom is -0.448 e. The maximum Gasteiger partial charge on any atom is 0.322 e. The van der Waals surface area contributed by atoms with E-state index in [9.17, 15) is 4.79 Å². The van der Waals surface area contributed by atoms with Crippen molar-refractivity contribution < 1.29 is 14.3 Å². The number of esters is 1.